The zero-order valence-electron chi connectivity index (χ0n) is 31.6. The highest BCUT2D eigenvalue weighted by Gasteiger charge is 2.19. The van der Waals surface area contributed by atoms with Crippen molar-refractivity contribution < 1.29 is 0 Å². The van der Waals surface area contributed by atoms with Crippen molar-refractivity contribution >= 4 is 74.9 Å². The molecule has 0 saturated heterocycles. The van der Waals surface area contributed by atoms with Gasteiger partial charge in [-0.15, -0.1) is 11.3 Å². The van der Waals surface area contributed by atoms with Crippen molar-refractivity contribution in [3.05, 3.63) is 212 Å². The van der Waals surface area contributed by atoms with Crippen LogP contribution in [0.1, 0.15) is 0 Å². The number of hydrogen-bond donors (Lipinski definition) is 0. The highest BCUT2D eigenvalue weighted by atomic mass is 32.1. The summed E-state index contributed by atoms with van der Waals surface area (Å²) in [6.07, 6.45) is 0. The monoisotopic (exact) mass is 753 g/mol. The Balaban J connectivity index is 1.02. The molecule has 12 rings (SSSR count). The van der Waals surface area contributed by atoms with Gasteiger partial charge in [0.05, 0.1) is 11.0 Å². The van der Waals surface area contributed by atoms with Gasteiger partial charge in [0.1, 0.15) is 0 Å². The molecule has 0 fully saturated rings. The van der Waals surface area contributed by atoms with Gasteiger partial charge in [-0.2, -0.15) is 0 Å². The molecule has 0 radical (unpaired) electrons. The van der Waals surface area contributed by atoms with Crippen molar-refractivity contribution in [2.75, 3.05) is 0 Å². The first-order chi connectivity index (χ1) is 28.8. The van der Waals surface area contributed by atoms with Crippen molar-refractivity contribution in [1.82, 2.24) is 4.57 Å². The Kier molecular flexibility index (Phi) is 7.47. The summed E-state index contributed by atoms with van der Waals surface area (Å²) in [4.78, 5) is 0. The van der Waals surface area contributed by atoms with E-state index in [4.69, 9.17) is 0 Å². The van der Waals surface area contributed by atoms with Crippen LogP contribution >= 0.6 is 11.3 Å². The largest absolute Gasteiger partial charge is 0.309 e. The molecule has 10 aromatic carbocycles. The summed E-state index contributed by atoms with van der Waals surface area (Å²) in [5, 5.41) is 10.2. The molecule has 1 nitrogen and oxygen atoms in total. The van der Waals surface area contributed by atoms with Gasteiger partial charge in [-0.3, -0.25) is 0 Å². The highest BCUT2D eigenvalue weighted by molar-refractivity contribution is 7.26. The van der Waals surface area contributed by atoms with Gasteiger partial charge in [0.15, 0.2) is 0 Å². The first-order valence-electron chi connectivity index (χ1n) is 19.9. The highest BCUT2D eigenvalue weighted by Crippen LogP contribution is 2.46. The van der Waals surface area contributed by atoms with Gasteiger partial charge in [0, 0.05) is 36.6 Å². The molecule has 0 N–H and O–H groups in total. The van der Waals surface area contributed by atoms with Gasteiger partial charge in [0.2, 0.25) is 0 Å². The van der Waals surface area contributed by atoms with Crippen molar-refractivity contribution in [1.29, 1.82) is 0 Å². The third kappa shape index (κ3) is 5.09. The summed E-state index contributed by atoms with van der Waals surface area (Å²) in [6.45, 7) is 0. The second kappa shape index (κ2) is 13.2. The Bertz CT molecular complexity index is 3540. The van der Waals surface area contributed by atoms with E-state index in [0.29, 0.717) is 0 Å². The van der Waals surface area contributed by atoms with E-state index in [1.807, 2.05) is 11.3 Å². The fourth-order valence-electron chi connectivity index (χ4n) is 9.38. The van der Waals surface area contributed by atoms with Gasteiger partial charge >= 0.3 is 0 Å². The second-order valence-electron chi connectivity index (χ2n) is 15.2. The van der Waals surface area contributed by atoms with E-state index in [1.165, 1.54) is 108 Å². The van der Waals surface area contributed by atoms with Crippen LogP contribution in [0.5, 0.6) is 0 Å². The van der Waals surface area contributed by atoms with E-state index >= 15 is 0 Å². The van der Waals surface area contributed by atoms with Crippen LogP contribution in [-0.4, -0.2) is 4.57 Å². The van der Waals surface area contributed by atoms with E-state index in [2.05, 4.69) is 217 Å². The first-order valence-corrected chi connectivity index (χ1v) is 20.7. The maximum atomic E-state index is 2.44. The Morgan fingerprint density at radius 2 is 0.828 bits per heavy atom. The summed E-state index contributed by atoms with van der Waals surface area (Å²) in [5.74, 6) is 0. The molecule has 2 heteroatoms. The van der Waals surface area contributed by atoms with Crippen LogP contribution in [0.2, 0.25) is 0 Å². The maximum absolute atomic E-state index is 2.44. The zero-order valence-corrected chi connectivity index (χ0v) is 32.4. The smallest absolute Gasteiger partial charge is 0.0547 e. The van der Waals surface area contributed by atoms with Gasteiger partial charge in [0.25, 0.3) is 0 Å². The van der Waals surface area contributed by atoms with E-state index in [9.17, 15) is 0 Å². The molecule has 0 aliphatic heterocycles. The molecule has 2 aromatic heterocycles. The molecule has 0 atom stereocenters. The van der Waals surface area contributed by atoms with Crippen molar-refractivity contribution in [2.45, 2.75) is 0 Å². The van der Waals surface area contributed by atoms with Crippen LogP contribution in [0.4, 0.5) is 0 Å². The quantitative estimate of drug-likeness (QED) is 0.154. The van der Waals surface area contributed by atoms with Gasteiger partial charge in [-0.1, -0.05) is 176 Å². The lowest BCUT2D eigenvalue weighted by Gasteiger charge is -2.19. The Hall–Kier alpha value is -7.26. The second-order valence-corrected chi connectivity index (χ2v) is 16.3. The number of nitrogens with zero attached hydrogens (tertiary/aromatic N) is 1. The van der Waals surface area contributed by atoms with Crippen LogP contribution in [0, 0.1) is 0 Å². The zero-order chi connectivity index (χ0) is 38.2. The SMILES string of the molecule is c1ccc(-c2c3ccccc3c(-c3ccccc3)c3cc(-c4ccc(-n5c6ccccc6c6ccc(-c7cccc8c7sc7ccccc78)cc65)cc4)ccc23)cc1. The lowest BCUT2D eigenvalue weighted by molar-refractivity contribution is 1.18. The number of para-hydroxylation sites is 1. The minimum Gasteiger partial charge on any atom is -0.309 e. The van der Waals surface area contributed by atoms with Gasteiger partial charge in [-0.25, -0.2) is 0 Å². The summed E-state index contributed by atoms with van der Waals surface area (Å²) in [6, 6.07) is 78.1. The summed E-state index contributed by atoms with van der Waals surface area (Å²) in [7, 11) is 0. The topological polar surface area (TPSA) is 4.93 Å². The number of rotatable bonds is 5. The number of aromatic nitrogens is 1. The van der Waals surface area contributed by atoms with Crippen LogP contribution in [-0.2, 0) is 0 Å². The minimum absolute atomic E-state index is 1.15. The Morgan fingerprint density at radius 1 is 0.293 bits per heavy atom. The van der Waals surface area contributed by atoms with E-state index in [1.54, 1.807) is 0 Å². The number of benzene rings is 10. The molecule has 0 aliphatic rings. The Morgan fingerprint density at radius 3 is 1.57 bits per heavy atom. The molecule has 58 heavy (non-hydrogen) atoms. The molecule has 0 aliphatic carbocycles. The fraction of sp³-hybridized carbons (Fsp3) is 0. The summed E-state index contributed by atoms with van der Waals surface area (Å²) >= 11 is 1.89. The van der Waals surface area contributed by atoms with Crippen LogP contribution in [0.15, 0.2) is 212 Å². The third-order valence-corrected chi connectivity index (χ3v) is 13.2. The number of hydrogen-bond acceptors (Lipinski definition) is 1. The molecule has 0 spiro atoms. The molecule has 2 heterocycles. The molecule has 0 unspecified atom stereocenters. The first kappa shape index (κ1) is 32.9. The summed E-state index contributed by atoms with van der Waals surface area (Å²) in [5.41, 5.74) is 13.5. The fourth-order valence-corrected chi connectivity index (χ4v) is 10.6. The van der Waals surface area contributed by atoms with Crippen LogP contribution in [0.3, 0.4) is 0 Å². The van der Waals surface area contributed by atoms with Crippen molar-refractivity contribution in [3.63, 3.8) is 0 Å². The molecular weight excluding hydrogens is 719 g/mol. The van der Waals surface area contributed by atoms with E-state index in [-0.39, 0.29) is 0 Å². The van der Waals surface area contributed by atoms with Crippen molar-refractivity contribution in [2.24, 2.45) is 0 Å². The molecule has 0 bridgehead atoms. The lowest BCUT2D eigenvalue weighted by atomic mass is 9.85. The normalized spacial score (nSPS) is 11.8. The number of fused-ring (bicyclic) bond motifs is 8. The maximum Gasteiger partial charge on any atom is 0.0547 e. The van der Waals surface area contributed by atoms with Crippen LogP contribution < -0.4 is 0 Å². The number of thiophene rings is 1. The van der Waals surface area contributed by atoms with Crippen LogP contribution in [0.25, 0.3) is 114 Å². The van der Waals surface area contributed by atoms with Crippen molar-refractivity contribution in [3.8, 4) is 50.2 Å². The molecule has 270 valence electrons. The average molecular weight is 754 g/mol. The lowest BCUT2D eigenvalue weighted by Crippen LogP contribution is -1.94. The van der Waals surface area contributed by atoms with Gasteiger partial charge in [-0.05, 0) is 102 Å². The molecule has 0 amide bonds. The molecule has 12 aromatic rings. The average Bonchev–Trinajstić information content (AvgIpc) is 3.84. The predicted molar refractivity (Wildman–Crippen MR) is 250 cm³/mol. The van der Waals surface area contributed by atoms with E-state index < -0.39 is 0 Å². The van der Waals surface area contributed by atoms with Gasteiger partial charge < -0.3 is 4.57 Å². The van der Waals surface area contributed by atoms with E-state index in [0.717, 1.165) is 5.69 Å². The molecular formula is C56H35NS. The minimum atomic E-state index is 1.15. The molecule has 0 saturated carbocycles. The Labute approximate surface area is 340 Å². The standard InChI is InChI=1S/C56H35NS/c1-3-14-37(15-4-1)54-46-20-7-8-21-47(46)55(38-16-5-2-6-17-38)50-34-39(28-33-48(50)54)36-26-30-41(31-27-36)57-51-24-11-9-18-43(51)44-32-29-40(35-52(44)57)42-22-13-23-49-45-19-10-12-25-53(45)58-56(42)49/h1-35H. The predicted octanol–water partition coefficient (Wildman–Crippen LogP) is 16.1. The third-order valence-electron chi connectivity index (χ3n) is 12.0. The summed E-state index contributed by atoms with van der Waals surface area (Å²) < 4.78 is 5.10.